The molecule has 1 heterocycles. The number of nitrogens with one attached hydrogen (secondary N) is 3. The van der Waals surface area contributed by atoms with Crippen molar-refractivity contribution in [3.05, 3.63) is 94.6 Å². The summed E-state index contributed by atoms with van der Waals surface area (Å²) in [6.07, 6.45) is 12.6. The third kappa shape index (κ3) is 16.0. The summed E-state index contributed by atoms with van der Waals surface area (Å²) in [6, 6.07) is 12.1. The molecule has 6 N–H and O–H groups in total. The minimum absolute atomic E-state index is 0.00388. The maximum Gasteiger partial charge on any atom is 0.407 e. The molecule has 1 saturated heterocycles. The summed E-state index contributed by atoms with van der Waals surface area (Å²) >= 11 is 1.43. The largest absolute Gasteiger partial charge is 0.480 e. The normalized spacial score (nSPS) is 16.4. The number of unbranched alkanes of at least 4 members (excludes halogenated alkanes) is 1. The highest BCUT2D eigenvalue weighted by Crippen LogP contribution is 2.44. The molecule has 0 bridgehead atoms. The molecule has 2 aromatic carbocycles. The number of likely N-dealkylation sites (tertiary alicyclic amines) is 1. The molecule has 2 aliphatic rings. The number of nitrogens with zero attached hydrogens (tertiary/aromatic N) is 1. The standard InChI is InChI=1S/C50H71N5O7S/c1-33(2)16-13-17-35(5)18-14-19-36(6)26-29-63-32-44(49(59)60)53-47(57)45-25-15-28-55(45)48(58)43(30-34(3)4)52-46(56)42(24-11-12-27-51)54-50(61)62-31-41-39-22-9-7-20-37(39)38-21-8-10-23-40(38)41/h7-10,16,18,20-23,26,34,41-45H,11-15,17,19,24-25,27-32,51H2,1-6H3,(H,52,56)(H,53,57)(H,54,61)(H,59,60)/b35-18+,36-26+/t42-,43-,44-,45-/m0/s1. The highest BCUT2D eigenvalue weighted by atomic mass is 32.2. The van der Waals surface area contributed by atoms with Gasteiger partial charge in [-0.2, -0.15) is 11.8 Å². The van der Waals surface area contributed by atoms with Crippen molar-refractivity contribution in [3.8, 4) is 11.1 Å². The van der Waals surface area contributed by atoms with E-state index in [4.69, 9.17) is 10.5 Å². The summed E-state index contributed by atoms with van der Waals surface area (Å²) in [6.45, 7) is 13.1. The van der Waals surface area contributed by atoms with Crippen molar-refractivity contribution in [2.75, 3.05) is 31.2 Å². The predicted molar refractivity (Wildman–Crippen MR) is 253 cm³/mol. The van der Waals surface area contributed by atoms with E-state index in [-0.39, 0.29) is 30.6 Å². The molecule has 2 aromatic rings. The molecule has 344 valence electrons. The zero-order valence-electron chi connectivity index (χ0n) is 38.3. The van der Waals surface area contributed by atoms with Crippen LogP contribution in [0, 0.1) is 5.92 Å². The number of ether oxygens (including phenoxy) is 1. The highest BCUT2D eigenvalue weighted by molar-refractivity contribution is 7.99. The second kappa shape index (κ2) is 26.0. The van der Waals surface area contributed by atoms with Crippen molar-refractivity contribution < 1.29 is 33.8 Å². The maximum atomic E-state index is 14.2. The molecule has 13 heteroatoms. The Morgan fingerprint density at radius 3 is 2.10 bits per heavy atom. The molecular weight excluding hydrogens is 815 g/mol. The number of benzene rings is 2. The number of carboxylic acid groups (broad SMARTS) is 1. The van der Waals surface area contributed by atoms with Crippen molar-refractivity contribution in [1.82, 2.24) is 20.9 Å². The molecule has 1 aliphatic carbocycles. The lowest BCUT2D eigenvalue weighted by molar-refractivity contribution is -0.144. The molecule has 12 nitrogen and oxygen atoms in total. The number of alkyl carbamates (subject to hydrolysis) is 1. The van der Waals surface area contributed by atoms with Gasteiger partial charge in [0.05, 0.1) is 0 Å². The smallest absolute Gasteiger partial charge is 0.407 e. The Kier molecular flexibility index (Phi) is 21.0. The van der Waals surface area contributed by atoms with Gasteiger partial charge in [0.15, 0.2) is 0 Å². The number of thioether (sulfide) groups is 1. The summed E-state index contributed by atoms with van der Waals surface area (Å²) in [5.41, 5.74) is 14.0. The highest BCUT2D eigenvalue weighted by Gasteiger charge is 2.40. The first-order valence-electron chi connectivity index (χ1n) is 22.7. The lowest BCUT2D eigenvalue weighted by atomic mass is 9.98. The van der Waals surface area contributed by atoms with Gasteiger partial charge in [0.2, 0.25) is 17.7 Å². The van der Waals surface area contributed by atoms with Gasteiger partial charge in [-0.3, -0.25) is 14.4 Å². The molecule has 0 saturated carbocycles. The number of aliphatic carboxylic acids is 1. The molecule has 0 aromatic heterocycles. The van der Waals surface area contributed by atoms with Crippen LogP contribution in [-0.4, -0.2) is 95.2 Å². The first-order chi connectivity index (χ1) is 30.2. The first kappa shape index (κ1) is 50.8. The Bertz CT molecular complexity index is 1910. The van der Waals surface area contributed by atoms with Crippen LogP contribution in [0.3, 0.4) is 0 Å². The topological polar surface area (TPSA) is 180 Å². The number of rotatable bonds is 25. The van der Waals surface area contributed by atoms with Gasteiger partial charge in [-0.25, -0.2) is 9.59 Å². The lowest BCUT2D eigenvalue weighted by Gasteiger charge is -2.31. The van der Waals surface area contributed by atoms with E-state index < -0.39 is 54.0 Å². The summed E-state index contributed by atoms with van der Waals surface area (Å²) in [5.74, 6) is -1.99. The van der Waals surface area contributed by atoms with Crippen LogP contribution in [0.2, 0.25) is 0 Å². The molecule has 0 spiro atoms. The van der Waals surface area contributed by atoms with Crippen molar-refractivity contribution in [3.63, 3.8) is 0 Å². The summed E-state index contributed by atoms with van der Waals surface area (Å²) in [4.78, 5) is 68.9. The maximum absolute atomic E-state index is 14.2. The number of amides is 4. The Morgan fingerprint density at radius 2 is 1.48 bits per heavy atom. The number of fused-ring (bicyclic) bond motifs is 3. The van der Waals surface area contributed by atoms with E-state index in [0.717, 1.165) is 47.9 Å². The van der Waals surface area contributed by atoms with Crippen LogP contribution < -0.4 is 21.7 Å². The SMILES string of the molecule is CC(C)=CCC/C(C)=C/CC/C(C)=C/CSC[C@H](NC(=O)[C@@H]1CCCN1C(=O)[C@H](CC(C)C)NC(=O)[C@H](CCCCN)NC(=O)OCC1c2ccccc2-c2ccccc21)C(=O)O. The number of nitrogens with two attached hydrogens (primary N) is 1. The molecule has 0 unspecified atom stereocenters. The molecule has 1 aliphatic heterocycles. The van der Waals surface area contributed by atoms with Crippen LogP contribution in [0.4, 0.5) is 4.79 Å². The Balaban J connectivity index is 1.34. The van der Waals surface area contributed by atoms with Gasteiger partial charge in [-0.1, -0.05) is 97.3 Å². The van der Waals surface area contributed by atoms with E-state index in [9.17, 15) is 29.1 Å². The minimum atomic E-state index is -1.14. The fourth-order valence-electron chi connectivity index (χ4n) is 8.18. The van der Waals surface area contributed by atoms with Crippen molar-refractivity contribution >= 4 is 41.5 Å². The zero-order chi connectivity index (χ0) is 45.9. The van der Waals surface area contributed by atoms with E-state index >= 15 is 0 Å². The lowest BCUT2D eigenvalue weighted by Crippen LogP contribution is -2.58. The molecule has 4 rings (SSSR count). The van der Waals surface area contributed by atoms with E-state index in [2.05, 4.69) is 74.0 Å². The minimum Gasteiger partial charge on any atom is -0.480 e. The molecule has 4 atom stereocenters. The van der Waals surface area contributed by atoms with Gasteiger partial charge in [0.1, 0.15) is 30.8 Å². The Labute approximate surface area is 379 Å². The van der Waals surface area contributed by atoms with Gasteiger partial charge in [-0.05, 0) is 127 Å². The van der Waals surface area contributed by atoms with Gasteiger partial charge in [0.25, 0.3) is 0 Å². The zero-order valence-corrected chi connectivity index (χ0v) is 39.1. The molecule has 4 amide bonds. The van der Waals surface area contributed by atoms with Gasteiger partial charge in [0, 0.05) is 24.0 Å². The van der Waals surface area contributed by atoms with Crippen LogP contribution in [-0.2, 0) is 23.9 Å². The van der Waals surface area contributed by atoms with Crippen LogP contribution in [0.1, 0.15) is 123 Å². The predicted octanol–water partition coefficient (Wildman–Crippen LogP) is 8.27. The molecule has 1 fully saturated rings. The van der Waals surface area contributed by atoms with Gasteiger partial charge in [-0.15, -0.1) is 0 Å². The van der Waals surface area contributed by atoms with Gasteiger partial charge >= 0.3 is 12.1 Å². The third-order valence-corrected chi connectivity index (χ3v) is 12.6. The Morgan fingerprint density at radius 1 is 0.841 bits per heavy atom. The molecule has 63 heavy (non-hydrogen) atoms. The van der Waals surface area contributed by atoms with Crippen molar-refractivity contribution in [1.29, 1.82) is 0 Å². The fourth-order valence-corrected chi connectivity index (χ4v) is 9.18. The van der Waals surface area contributed by atoms with E-state index in [1.807, 2.05) is 50.2 Å². The van der Waals surface area contributed by atoms with Crippen LogP contribution in [0.25, 0.3) is 11.1 Å². The summed E-state index contributed by atoms with van der Waals surface area (Å²) < 4.78 is 5.77. The van der Waals surface area contributed by atoms with Gasteiger partial charge < -0.3 is 36.4 Å². The number of hydrogen-bond donors (Lipinski definition) is 5. The summed E-state index contributed by atoms with van der Waals surface area (Å²) in [7, 11) is 0. The number of carbonyl (C=O) groups excluding carboxylic acids is 4. The second-order valence-corrected chi connectivity index (χ2v) is 18.7. The average Bonchev–Trinajstić information content (AvgIpc) is 3.86. The van der Waals surface area contributed by atoms with Crippen molar-refractivity contribution in [2.24, 2.45) is 11.7 Å². The fraction of sp³-hybridized carbons (Fsp3) is 0.540. The number of hydrogen-bond acceptors (Lipinski definition) is 8. The monoisotopic (exact) mass is 886 g/mol. The molecule has 0 radical (unpaired) electrons. The van der Waals surface area contributed by atoms with Crippen LogP contribution in [0.5, 0.6) is 0 Å². The second-order valence-electron chi connectivity index (χ2n) is 17.6. The van der Waals surface area contributed by atoms with E-state index in [1.54, 1.807) is 0 Å². The number of carboxylic acids is 1. The van der Waals surface area contributed by atoms with E-state index in [0.29, 0.717) is 50.9 Å². The number of carbonyl (C=O) groups is 5. The summed E-state index contributed by atoms with van der Waals surface area (Å²) in [5, 5.41) is 18.4. The molecular formula is C50H71N5O7S. The first-order valence-corrected chi connectivity index (χ1v) is 23.8. The third-order valence-electron chi connectivity index (χ3n) is 11.6. The van der Waals surface area contributed by atoms with Crippen LogP contribution >= 0.6 is 11.8 Å². The van der Waals surface area contributed by atoms with Crippen molar-refractivity contribution in [2.45, 2.75) is 136 Å². The average molecular weight is 886 g/mol. The Hall–Kier alpha value is -4.88. The quantitative estimate of drug-likeness (QED) is 0.0485. The number of allylic oxidation sites excluding steroid dienone is 5. The van der Waals surface area contributed by atoms with Crippen LogP contribution in [0.15, 0.2) is 83.5 Å². The van der Waals surface area contributed by atoms with E-state index in [1.165, 1.54) is 33.4 Å².